The molecule has 1 atom stereocenters. The molecule has 0 radical (unpaired) electrons. The van der Waals surface area contributed by atoms with E-state index in [0.717, 1.165) is 46.1 Å². The summed E-state index contributed by atoms with van der Waals surface area (Å²) in [5, 5.41) is 25.2. The van der Waals surface area contributed by atoms with E-state index in [9.17, 15) is 9.90 Å². The maximum Gasteiger partial charge on any atom is 0.248 e. The average Bonchev–Trinajstić information content (AvgIpc) is 2.96. The molecule has 0 spiro atoms. The number of guanidine groups is 1. The topological polar surface area (TPSA) is 130 Å². The van der Waals surface area contributed by atoms with Crippen molar-refractivity contribution in [1.82, 2.24) is 0 Å². The van der Waals surface area contributed by atoms with Crippen LogP contribution in [-0.2, 0) is 11.2 Å². The smallest absolute Gasteiger partial charge is 0.248 e. The summed E-state index contributed by atoms with van der Waals surface area (Å²) in [4.78, 5) is 12.4. The summed E-state index contributed by atoms with van der Waals surface area (Å²) >= 11 is 0. The summed E-state index contributed by atoms with van der Waals surface area (Å²) in [5.74, 6) is 1.53. The van der Waals surface area contributed by atoms with Crippen molar-refractivity contribution in [2.75, 3.05) is 17.2 Å². The van der Waals surface area contributed by atoms with E-state index < -0.39 is 0 Å². The Bertz CT molecular complexity index is 1610. The van der Waals surface area contributed by atoms with Gasteiger partial charge in [0.2, 0.25) is 5.91 Å². The number of benzene rings is 4. The van der Waals surface area contributed by atoms with Crippen molar-refractivity contribution >= 4 is 40.1 Å². The van der Waals surface area contributed by atoms with Crippen LogP contribution < -0.4 is 25.8 Å². The molecule has 6 N–H and O–H groups in total. The van der Waals surface area contributed by atoms with Gasteiger partial charge in [-0.3, -0.25) is 10.2 Å². The lowest BCUT2D eigenvalue weighted by Gasteiger charge is -2.37. The fourth-order valence-corrected chi connectivity index (χ4v) is 5.05. The number of hydrogen-bond acceptors (Lipinski definition) is 5. The van der Waals surface area contributed by atoms with Crippen LogP contribution in [0, 0.1) is 12.3 Å². The Labute approximate surface area is 239 Å². The van der Waals surface area contributed by atoms with E-state index in [0.29, 0.717) is 35.9 Å². The van der Waals surface area contributed by atoms with Crippen molar-refractivity contribution in [2.24, 2.45) is 5.73 Å². The predicted octanol–water partition coefficient (Wildman–Crippen LogP) is 6.36. The van der Waals surface area contributed by atoms with Crippen LogP contribution in [-0.4, -0.2) is 29.2 Å². The molecule has 8 nitrogen and oxygen atoms in total. The third-order valence-corrected chi connectivity index (χ3v) is 7.40. The molecule has 1 aliphatic rings. The third kappa shape index (κ3) is 6.44. The van der Waals surface area contributed by atoms with Crippen LogP contribution in [0.15, 0.2) is 78.9 Å². The van der Waals surface area contributed by atoms with Crippen LogP contribution in [0.3, 0.4) is 0 Å². The molecule has 0 saturated carbocycles. The minimum Gasteiger partial charge on any atom is -0.507 e. The van der Waals surface area contributed by atoms with Crippen LogP contribution in [0.2, 0.25) is 0 Å². The second-order valence-electron chi connectivity index (χ2n) is 10.5. The van der Waals surface area contributed by atoms with Crippen LogP contribution >= 0.6 is 0 Å². The summed E-state index contributed by atoms with van der Waals surface area (Å²) in [7, 11) is 0. The summed E-state index contributed by atoms with van der Waals surface area (Å²) in [6.07, 6.45) is 5.55. The molecule has 1 heterocycles. The number of ether oxygens (including phenoxy) is 2. The van der Waals surface area contributed by atoms with E-state index in [2.05, 4.69) is 17.6 Å². The molecule has 1 aliphatic heterocycles. The lowest BCUT2D eigenvalue weighted by Crippen LogP contribution is -2.38. The summed E-state index contributed by atoms with van der Waals surface area (Å²) in [6.45, 7) is 4.54. The second-order valence-corrected chi connectivity index (χ2v) is 10.5. The molecule has 8 heteroatoms. The van der Waals surface area contributed by atoms with Crippen molar-refractivity contribution < 1.29 is 19.4 Å². The second kappa shape index (κ2) is 11.6. The lowest BCUT2D eigenvalue weighted by molar-refractivity contribution is -0.111. The zero-order valence-corrected chi connectivity index (χ0v) is 23.2. The van der Waals surface area contributed by atoms with Crippen molar-refractivity contribution in [3.05, 3.63) is 95.6 Å². The number of nitrogens with one attached hydrogen (secondary N) is 3. The maximum atomic E-state index is 12.4. The molecular weight excluding hydrogens is 516 g/mol. The lowest BCUT2D eigenvalue weighted by atomic mass is 9.86. The Kier molecular flexibility index (Phi) is 7.83. The van der Waals surface area contributed by atoms with Gasteiger partial charge in [-0.1, -0.05) is 36.4 Å². The number of nitrogens with two attached hydrogens (primary N) is 1. The number of aromatic hydroxyl groups is 1. The first-order valence-corrected chi connectivity index (χ1v) is 13.6. The molecule has 4 aromatic carbocycles. The monoisotopic (exact) mass is 550 g/mol. The van der Waals surface area contributed by atoms with Gasteiger partial charge in [0.15, 0.2) is 5.96 Å². The van der Waals surface area contributed by atoms with Gasteiger partial charge in [-0.25, -0.2) is 0 Å². The van der Waals surface area contributed by atoms with Crippen LogP contribution in [0.5, 0.6) is 17.2 Å². The molecule has 1 amide bonds. The highest BCUT2D eigenvalue weighted by Gasteiger charge is 2.34. The highest BCUT2D eigenvalue weighted by atomic mass is 16.5. The highest BCUT2D eigenvalue weighted by molar-refractivity contribution is 6.02. The molecule has 0 saturated heterocycles. The Morgan fingerprint density at radius 2 is 1.71 bits per heavy atom. The van der Waals surface area contributed by atoms with Crippen molar-refractivity contribution in [3.63, 3.8) is 0 Å². The van der Waals surface area contributed by atoms with E-state index in [1.807, 2.05) is 55.5 Å². The zero-order chi connectivity index (χ0) is 29.0. The Morgan fingerprint density at radius 1 is 1.05 bits per heavy atom. The fourth-order valence-electron chi connectivity index (χ4n) is 5.05. The number of phenolic OH excluding ortho intramolecular Hbond substituents is 1. The summed E-state index contributed by atoms with van der Waals surface area (Å²) in [5.41, 5.74) is 9.12. The van der Waals surface area contributed by atoms with Gasteiger partial charge in [-0.05, 0) is 80.3 Å². The van der Waals surface area contributed by atoms with Crippen molar-refractivity contribution in [1.29, 1.82) is 5.41 Å². The van der Waals surface area contributed by atoms with Gasteiger partial charge in [0, 0.05) is 40.2 Å². The van der Waals surface area contributed by atoms with Gasteiger partial charge >= 0.3 is 0 Å². The van der Waals surface area contributed by atoms with Crippen LogP contribution in [0.25, 0.3) is 16.8 Å². The van der Waals surface area contributed by atoms with Gasteiger partial charge in [0.1, 0.15) is 22.8 Å². The number of rotatable bonds is 8. The molecule has 0 aliphatic carbocycles. The molecule has 0 bridgehead atoms. The molecule has 0 aromatic heterocycles. The van der Waals surface area contributed by atoms with Gasteiger partial charge in [-0.15, -0.1) is 0 Å². The van der Waals surface area contributed by atoms with E-state index in [1.54, 1.807) is 30.3 Å². The maximum absolute atomic E-state index is 12.4. The van der Waals surface area contributed by atoms with Gasteiger partial charge in [0.25, 0.3) is 0 Å². The molecular formula is C33H34N4O4. The van der Waals surface area contributed by atoms with Gasteiger partial charge in [-0.2, -0.15) is 0 Å². The Balaban J connectivity index is 1.13. The van der Waals surface area contributed by atoms with E-state index in [1.165, 1.54) is 6.08 Å². The average molecular weight is 551 g/mol. The number of fused-ring (bicyclic) bond motifs is 3. The van der Waals surface area contributed by atoms with Crippen LogP contribution in [0.4, 0.5) is 11.4 Å². The van der Waals surface area contributed by atoms with E-state index in [-0.39, 0.29) is 17.5 Å². The normalized spacial score (nSPS) is 16.1. The summed E-state index contributed by atoms with van der Waals surface area (Å²) in [6, 6.07) is 22.3. The molecule has 4 aromatic rings. The Morgan fingerprint density at radius 3 is 2.41 bits per heavy atom. The summed E-state index contributed by atoms with van der Waals surface area (Å²) < 4.78 is 12.6. The Hall–Kier alpha value is -4.98. The van der Waals surface area contributed by atoms with Crippen LogP contribution in [0.1, 0.15) is 36.5 Å². The number of hydrogen-bond donors (Lipinski definition) is 5. The number of carbonyl (C=O) groups is 1. The first-order valence-electron chi connectivity index (χ1n) is 13.6. The van der Waals surface area contributed by atoms with Crippen molar-refractivity contribution in [3.8, 4) is 17.2 Å². The standard InChI is InChI=1S/C33H34N4O4/c1-21-26-17-18-33(2,41-31(26)28-6-4-3-5-27(28)30(21)39)19-20-40-25-14-12-23(13-15-25)36-29(38)16-9-22-7-10-24(11-8-22)37-32(34)35/h3-16,39H,17-20H2,1-2H3,(H,36,38)(H4,34,35,37)/b16-9+. The fraction of sp³-hybridized carbons (Fsp3) is 0.212. The largest absolute Gasteiger partial charge is 0.507 e. The number of amides is 1. The molecule has 41 heavy (non-hydrogen) atoms. The number of anilines is 2. The minimum atomic E-state index is -0.385. The molecule has 5 rings (SSSR count). The van der Waals surface area contributed by atoms with Gasteiger partial charge in [0.05, 0.1) is 6.61 Å². The first-order chi connectivity index (χ1) is 19.7. The highest BCUT2D eigenvalue weighted by Crippen LogP contribution is 2.45. The molecule has 1 unspecified atom stereocenters. The minimum absolute atomic E-state index is 0.130. The SMILES string of the molecule is Cc1c2c(c3ccccc3c1O)OC(C)(CCOc1ccc(NC(=O)/C=C/c3ccc(NC(=N)N)cc3)cc1)CC2. The van der Waals surface area contributed by atoms with E-state index >= 15 is 0 Å². The number of carbonyl (C=O) groups excluding carboxylic acids is 1. The molecule has 0 fully saturated rings. The zero-order valence-electron chi connectivity index (χ0n) is 23.2. The quantitative estimate of drug-likeness (QED) is 0.0986. The van der Waals surface area contributed by atoms with Crippen molar-refractivity contribution in [2.45, 2.75) is 38.7 Å². The third-order valence-electron chi connectivity index (χ3n) is 7.40. The van der Waals surface area contributed by atoms with E-state index in [4.69, 9.17) is 20.6 Å². The molecule has 210 valence electrons. The van der Waals surface area contributed by atoms with Gasteiger partial charge < -0.3 is 30.9 Å². The predicted molar refractivity (Wildman–Crippen MR) is 164 cm³/mol. The number of phenols is 1. The first kappa shape index (κ1) is 27.6.